The second kappa shape index (κ2) is 6.71. The van der Waals surface area contributed by atoms with E-state index in [1.54, 1.807) is 43.4 Å². The molecule has 0 fully saturated rings. The van der Waals surface area contributed by atoms with E-state index in [0.29, 0.717) is 16.8 Å². The van der Waals surface area contributed by atoms with E-state index in [2.05, 4.69) is 5.32 Å². The van der Waals surface area contributed by atoms with Crippen LogP contribution < -0.4 is 11.1 Å². The topological polar surface area (TPSA) is 75.4 Å². The van der Waals surface area contributed by atoms with Crippen LogP contribution in [0, 0.1) is 5.82 Å². The predicted octanol–water partition coefficient (Wildman–Crippen LogP) is 2.59. The number of benzene rings is 2. The molecule has 0 aliphatic rings. The van der Waals surface area contributed by atoms with Gasteiger partial charge in [-0.25, -0.2) is 9.18 Å². The summed E-state index contributed by atoms with van der Waals surface area (Å²) in [7, 11) is 1.59. The molecule has 0 aliphatic carbocycles. The number of nitrogens with zero attached hydrogens (tertiary/aromatic N) is 1. The van der Waals surface area contributed by atoms with Crippen molar-refractivity contribution in [1.29, 1.82) is 0 Å². The Balaban J connectivity index is 2.13. The molecule has 0 saturated carbocycles. The Morgan fingerprint density at radius 3 is 2.59 bits per heavy atom. The molecule has 6 heteroatoms. The van der Waals surface area contributed by atoms with Gasteiger partial charge in [0.1, 0.15) is 5.82 Å². The van der Waals surface area contributed by atoms with Gasteiger partial charge in [0, 0.05) is 30.4 Å². The van der Waals surface area contributed by atoms with Gasteiger partial charge in [0.2, 0.25) is 0 Å². The van der Waals surface area contributed by atoms with E-state index in [1.165, 1.54) is 17.0 Å². The second-order valence-corrected chi connectivity index (χ2v) is 4.82. The molecular weight excluding hydrogens is 285 g/mol. The number of carbonyl (C=O) groups is 2. The Kier molecular flexibility index (Phi) is 4.73. The SMILES string of the molecule is CN(Cc1ccccc1F)C(=O)c1cccc(NC(N)=O)c1. The van der Waals surface area contributed by atoms with Crippen LogP contribution in [-0.2, 0) is 6.54 Å². The zero-order valence-corrected chi connectivity index (χ0v) is 12.0. The number of halogens is 1. The van der Waals surface area contributed by atoms with E-state index in [0.717, 1.165) is 0 Å². The van der Waals surface area contributed by atoms with Crippen LogP contribution in [0.5, 0.6) is 0 Å². The molecule has 2 aromatic rings. The fourth-order valence-electron chi connectivity index (χ4n) is 2.05. The maximum atomic E-state index is 13.6. The number of hydrogen-bond acceptors (Lipinski definition) is 2. The van der Waals surface area contributed by atoms with Crippen molar-refractivity contribution >= 4 is 17.6 Å². The van der Waals surface area contributed by atoms with Gasteiger partial charge in [-0.3, -0.25) is 4.79 Å². The quantitative estimate of drug-likeness (QED) is 0.910. The van der Waals surface area contributed by atoms with E-state index >= 15 is 0 Å². The zero-order valence-electron chi connectivity index (χ0n) is 12.0. The molecule has 5 nitrogen and oxygen atoms in total. The van der Waals surface area contributed by atoms with Crippen molar-refractivity contribution in [3.05, 3.63) is 65.5 Å². The first-order chi connectivity index (χ1) is 10.5. The van der Waals surface area contributed by atoms with Crippen molar-refractivity contribution in [2.24, 2.45) is 5.73 Å². The Bertz CT molecular complexity index is 703. The normalized spacial score (nSPS) is 10.1. The number of carbonyl (C=O) groups excluding carboxylic acids is 2. The smallest absolute Gasteiger partial charge is 0.316 e. The molecule has 3 amide bonds. The van der Waals surface area contributed by atoms with Crippen LogP contribution in [0.3, 0.4) is 0 Å². The van der Waals surface area contributed by atoms with Gasteiger partial charge in [0.15, 0.2) is 0 Å². The van der Waals surface area contributed by atoms with Gasteiger partial charge in [-0.15, -0.1) is 0 Å². The summed E-state index contributed by atoms with van der Waals surface area (Å²) < 4.78 is 13.6. The molecule has 0 bridgehead atoms. The summed E-state index contributed by atoms with van der Waals surface area (Å²) in [5, 5.41) is 2.41. The average molecular weight is 301 g/mol. The highest BCUT2D eigenvalue weighted by atomic mass is 19.1. The summed E-state index contributed by atoms with van der Waals surface area (Å²) in [6.07, 6.45) is 0. The van der Waals surface area contributed by atoms with Crippen molar-refractivity contribution < 1.29 is 14.0 Å². The van der Waals surface area contributed by atoms with E-state index in [9.17, 15) is 14.0 Å². The number of amides is 3. The lowest BCUT2D eigenvalue weighted by Crippen LogP contribution is -2.27. The highest BCUT2D eigenvalue weighted by Gasteiger charge is 2.14. The third-order valence-electron chi connectivity index (χ3n) is 3.09. The van der Waals surface area contributed by atoms with Gasteiger partial charge in [0.25, 0.3) is 5.91 Å². The van der Waals surface area contributed by atoms with Crippen LogP contribution in [0.2, 0.25) is 0 Å². The van der Waals surface area contributed by atoms with Gasteiger partial charge >= 0.3 is 6.03 Å². The van der Waals surface area contributed by atoms with Gasteiger partial charge in [-0.05, 0) is 24.3 Å². The second-order valence-electron chi connectivity index (χ2n) is 4.82. The molecule has 0 aliphatic heterocycles. The first-order valence-corrected chi connectivity index (χ1v) is 6.63. The number of nitrogens with one attached hydrogen (secondary N) is 1. The number of primary amides is 1. The Morgan fingerprint density at radius 1 is 1.18 bits per heavy atom. The van der Waals surface area contributed by atoms with Crippen LogP contribution >= 0.6 is 0 Å². The van der Waals surface area contributed by atoms with Crippen LogP contribution in [0.4, 0.5) is 14.9 Å². The Hall–Kier alpha value is -2.89. The molecule has 0 spiro atoms. The molecule has 0 atom stereocenters. The molecule has 3 N–H and O–H groups in total. The first-order valence-electron chi connectivity index (χ1n) is 6.63. The summed E-state index contributed by atoms with van der Waals surface area (Å²) >= 11 is 0. The van der Waals surface area contributed by atoms with E-state index in [1.807, 2.05) is 0 Å². The molecule has 22 heavy (non-hydrogen) atoms. The fraction of sp³-hybridized carbons (Fsp3) is 0.125. The van der Waals surface area contributed by atoms with E-state index < -0.39 is 6.03 Å². The summed E-state index contributed by atoms with van der Waals surface area (Å²) in [4.78, 5) is 24.6. The molecule has 0 radical (unpaired) electrons. The zero-order chi connectivity index (χ0) is 16.1. The lowest BCUT2D eigenvalue weighted by Gasteiger charge is -2.18. The summed E-state index contributed by atoms with van der Waals surface area (Å²) in [5.74, 6) is -0.636. The molecule has 114 valence electrons. The molecule has 0 aromatic heterocycles. The lowest BCUT2D eigenvalue weighted by molar-refractivity contribution is 0.0784. The van der Waals surface area contributed by atoms with E-state index in [4.69, 9.17) is 5.73 Å². The minimum atomic E-state index is -0.704. The fourth-order valence-corrected chi connectivity index (χ4v) is 2.05. The van der Waals surface area contributed by atoms with Crippen molar-refractivity contribution in [3.8, 4) is 0 Å². The third kappa shape index (κ3) is 3.82. The number of hydrogen-bond donors (Lipinski definition) is 2. The highest BCUT2D eigenvalue weighted by molar-refractivity contribution is 5.96. The third-order valence-corrected chi connectivity index (χ3v) is 3.09. The Labute approximate surface area is 127 Å². The van der Waals surface area contributed by atoms with Gasteiger partial charge < -0.3 is 16.0 Å². The maximum absolute atomic E-state index is 13.6. The van der Waals surface area contributed by atoms with Crippen molar-refractivity contribution in [2.75, 3.05) is 12.4 Å². The monoisotopic (exact) mass is 301 g/mol. The molecule has 0 unspecified atom stereocenters. The summed E-state index contributed by atoms with van der Waals surface area (Å²) in [5.41, 5.74) is 6.29. The largest absolute Gasteiger partial charge is 0.351 e. The molecular formula is C16H16FN3O2. The predicted molar refractivity (Wildman–Crippen MR) is 81.8 cm³/mol. The number of urea groups is 1. The standard InChI is InChI=1S/C16H16FN3O2/c1-20(10-12-5-2-3-8-14(12)17)15(21)11-6-4-7-13(9-11)19-16(18)22/h2-9H,10H2,1H3,(H3,18,19,22). The maximum Gasteiger partial charge on any atom is 0.316 e. The molecule has 2 aromatic carbocycles. The van der Waals surface area contributed by atoms with Gasteiger partial charge in [0.05, 0.1) is 0 Å². The number of rotatable bonds is 4. The van der Waals surface area contributed by atoms with Crippen LogP contribution in [0.1, 0.15) is 15.9 Å². The minimum Gasteiger partial charge on any atom is -0.351 e. The first kappa shape index (κ1) is 15.5. The number of anilines is 1. The van der Waals surface area contributed by atoms with E-state index in [-0.39, 0.29) is 18.3 Å². The summed E-state index contributed by atoms with van der Waals surface area (Å²) in [6, 6.07) is 12.0. The van der Waals surface area contributed by atoms with Crippen molar-refractivity contribution in [2.45, 2.75) is 6.54 Å². The molecule has 0 heterocycles. The Morgan fingerprint density at radius 2 is 1.91 bits per heavy atom. The van der Waals surface area contributed by atoms with Crippen molar-refractivity contribution in [1.82, 2.24) is 4.90 Å². The summed E-state index contributed by atoms with van der Waals surface area (Å²) in [6.45, 7) is 0.152. The van der Waals surface area contributed by atoms with Crippen LogP contribution in [0.15, 0.2) is 48.5 Å². The minimum absolute atomic E-state index is 0.152. The van der Waals surface area contributed by atoms with Crippen molar-refractivity contribution in [3.63, 3.8) is 0 Å². The van der Waals surface area contributed by atoms with Crippen LogP contribution in [-0.4, -0.2) is 23.9 Å². The lowest BCUT2D eigenvalue weighted by atomic mass is 10.1. The number of nitrogens with two attached hydrogens (primary N) is 1. The highest BCUT2D eigenvalue weighted by Crippen LogP contribution is 2.15. The molecule has 2 rings (SSSR count). The van der Waals surface area contributed by atoms with Gasteiger partial charge in [-0.1, -0.05) is 24.3 Å². The molecule has 0 saturated heterocycles. The van der Waals surface area contributed by atoms with Gasteiger partial charge in [-0.2, -0.15) is 0 Å². The average Bonchev–Trinajstić information content (AvgIpc) is 2.48. The van der Waals surface area contributed by atoms with Crippen LogP contribution in [0.25, 0.3) is 0 Å².